The number of aliphatic hydroxyl groups excluding tert-OH is 1. The summed E-state index contributed by atoms with van der Waals surface area (Å²) in [6.45, 7) is 3.97. The first-order chi connectivity index (χ1) is 9.40. The van der Waals surface area contributed by atoms with Crippen molar-refractivity contribution >= 4 is 17.7 Å². The lowest BCUT2D eigenvalue weighted by Crippen LogP contribution is -2.34. The lowest BCUT2D eigenvalue weighted by molar-refractivity contribution is -0.121. The smallest absolute Gasteiger partial charge is 0.220 e. The Labute approximate surface area is 121 Å². The van der Waals surface area contributed by atoms with Crippen LogP contribution in [0.5, 0.6) is 0 Å². The number of thioether (sulfide) groups is 1. The van der Waals surface area contributed by atoms with Crippen LogP contribution in [0, 0.1) is 17.6 Å². The summed E-state index contributed by atoms with van der Waals surface area (Å²) in [6, 6.07) is 3.65. The molecule has 20 heavy (non-hydrogen) atoms. The van der Waals surface area contributed by atoms with Crippen LogP contribution in [0.25, 0.3) is 0 Å². The molecule has 1 amide bonds. The van der Waals surface area contributed by atoms with E-state index in [1.165, 1.54) is 17.8 Å². The van der Waals surface area contributed by atoms with Crippen LogP contribution in [0.1, 0.15) is 20.3 Å². The highest BCUT2D eigenvalue weighted by Crippen LogP contribution is 2.20. The maximum atomic E-state index is 13.0. The quantitative estimate of drug-likeness (QED) is 0.761. The monoisotopic (exact) mass is 303 g/mol. The number of hydrogen-bond acceptors (Lipinski definition) is 3. The van der Waals surface area contributed by atoms with Gasteiger partial charge in [0.1, 0.15) is 0 Å². The second kappa shape index (κ2) is 8.21. The Morgan fingerprint density at radius 1 is 1.35 bits per heavy atom. The highest BCUT2D eigenvalue weighted by atomic mass is 32.2. The summed E-state index contributed by atoms with van der Waals surface area (Å²) >= 11 is 1.28. The lowest BCUT2D eigenvalue weighted by atomic mass is 10.1. The van der Waals surface area contributed by atoms with Gasteiger partial charge < -0.3 is 10.4 Å². The van der Waals surface area contributed by atoms with E-state index in [4.69, 9.17) is 0 Å². The predicted octanol–water partition coefficient (Wildman–Crippen LogP) is 2.58. The fourth-order valence-corrected chi connectivity index (χ4v) is 2.24. The van der Waals surface area contributed by atoms with Gasteiger partial charge in [0.25, 0.3) is 0 Å². The molecule has 0 saturated heterocycles. The molecular formula is C14H19F2NO2S. The molecule has 1 rings (SSSR count). The Morgan fingerprint density at radius 3 is 2.65 bits per heavy atom. The van der Waals surface area contributed by atoms with Crippen molar-refractivity contribution in [3.05, 3.63) is 29.8 Å². The van der Waals surface area contributed by atoms with Gasteiger partial charge in [0.05, 0.1) is 6.10 Å². The first-order valence-corrected chi connectivity index (χ1v) is 7.41. The van der Waals surface area contributed by atoms with E-state index in [9.17, 15) is 18.7 Å². The molecule has 0 bridgehead atoms. The number of hydrogen-bond donors (Lipinski definition) is 2. The predicted molar refractivity (Wildman–Crippen MR) is 75.6 cm³/mol. The van der Waals surface area contributed by atoms with Gasteiger partial charge in [-0.1, -0.05) is 13.8 Å². The molecular weight excluding hydrogens is 284 g/mol. The van der Waals surface area contributed by atoms with Crippen LogP contribution in [-0.2, 0) is 4.79 Å². The van der Waals surface area contributed by atoms with Crippen molar-refractivity contribution in [2.24, 2.45) is 5.92 Å². The molecule has 0 aromatic heterocycles. The highest BCUT2D eigenvalue weighted by Gasteiger charge is 2.10. The molecule has 1 atom stereocenters. The summed E-state index contributed by atoms with van der Waals surface area (Å²) in [5.74, 6) is -1.38. The lowest BCUT2D eigenvalue weighted by Gasteiger charge is -2.14. The Kier molecular flexibility index (Phi) is 6.95. The normalized spacial score (nSPS) is 12.5. The number of aliphatic hydroxyl groups is 1. The van der Waals surface area contributed by atoms with Crippen LogP contribution in [0.3, 0.4) is 0 Å². The molecule has 0 spiro atoms. The van der Waals surface area contributed by atoms with Crippen molar-refractivity contribution in [1.82, 2.24) is 5.32 Å². The molecule has 1 aromatic rings. The van der Waals surface area contributed by atoms with E-state index in [1.807, 2.05) is 13.8 Å². The van der Waals surface area contributed by atoms with Crippen molar-refractivity contribution < 1.29 is 18.7 Å². The zero-order valence-corrected chi connectivity index (χ0v) is 12.3. The first-order valence-electron chi connectivity index (χ1n) is 6.42. The van der Waals surface area contributed by atoms with E-state index in [0.29, 0.717) is 10.6 Å². The molecule has 2 N–H and O–H groups in total. The van der Waals surface area contributed by atoms with E-state index in [-0.39, 0.29) is 24.8 Å². The fraction of sp³-hybridized carbons (Fsp3) is 0.500. The van der Waals surface area contributed by atoms with Gasteiger partial charge in [0.2, 0.25) is 5.91 Å². The average molecular weight is 303 g/mol. The zero-order valence-electron chi connectivity index (χ0n) is 11.5. The van der Waals surface area contributed by atoms with Crippen molar-refractivity contribution in [3.63, 3.8) is 0 Å². The van der Waals surface area contributed by atoms with Crippen molar-refractivity contribution in [2.75, 3.05) is 12.3 Å². The van der Waals surface area contributed by atoms with E-state index < -0.39 is 17.7 Å². The molecule has 0 fully saturated rings. The SMILES string of the molecule is CC(C)C(O)CNC(=O)CCSc1ccc(F)c(F)c1. The Bertz CT molecular complexity index is 455. The molecule has 0 radical (unpaired) electrons. The third-order valence-electron chi connectivity index (χ3n) is 2.77. The van der Waals surface area contributed by atoms with Crippen LogP contribution in [0.15, 0.2) is 23.1 Å². The minimum absolute atomic E-state index is 0.0897. The third kappa shape index (κ3) is 5.88. The average Bonchev–Trinajstić information content (AvgIpc) is 2.40. The minimum atomic E-state index is -0.889. The van der Waals surface area contributed by atoms with Gasteiger partial charge in [-0.3, -0.25) is 4.79 Å². The van der Waals surface area contributed by atoms with Crippen LogP contribution < -0.4 is 5.32 Å². The first kappa shape index (κ1) is 16.9. The topological polar surface area (TPSA) is 49.3 Å². The molecule has 1 aromatic carbocycles. The van der Waals surface area contributed by atoms with Gasteiger partial charge in [-0.2, -0.15) is 0 Å². The molecule has 3 nitrogen and oxygen atoms in total. The second-order valence-corrected chi connectivity index (χ2v) is 5.96. The van der Waals surface area contributed by atoms with Crippen LogP contribution in [-0.4, -0.2) is 29.4 Å². The van der Waals surface area contributed by atoms with Gasteiger partial charge in [0.15, 0.2) is 11.6 Å². The molecule has 6 heteroatoms. The van der Waals surface area contributed by atoms with E-state index in [1.54, 1.807) is 0 Å². The van der Waals surface area contributed by atoms with Gasteiger partial charge in [0, 0.05) is 23.6 Å². The maximum Gasteiger partial charge on any atom is 0.220 e. The van der Waals surface area contributed by atoms with Crippen LogP contribution in [0.4, 0.5) is 8.78 Å². The Hall–Kier alpha value is -1.14. The molecule has 0 aliphatic rings. The highest BCUT2D eigenvalue weighted by molar-refractivity contribution is 7.99. The number of amides is 1. The van der Waals surface area contributed by atoms with Crippen molar-refractivity contribution in [3.8, 4) is 0 Å². The van der Waals surface area contributed by atoms with Crippen LogP contribution in [0.2, 0.25) is 0 Å². The Morgan fingerprint density at radius 2 is 2.05 bits per heavy atom. The number of carbonyl (C=O) groups excluding carboxylic acids is 1. The second-order valence-electron chi connectivity index (χ2n) is 4.79. The third-order valence-corrected chi connectivity index (χ3v) is 3.76. The minimum Gasteiger partial charge on any atom is -0.391 e. The number of nitrogens with one attached hydrogen (secondary N) is 1. The zero-order chi connectivity index (χ0) is 15.1. The summed E-state index contributed by atoms with van der Waals surface area (Å²) in [6.07, 6.45) is -0.299. The van der Waals surface area contributed by atoms with Gasteiger partial charge in [-0.25, -0.2) is 8.78 Å². The summed E-state index contributed by atoms with van der Waals surface area (Å²) in [5.41, 5.74) is 0. The summed E-state index contributed by atoms with van der Waals surface area (Å²) < 4.78 is 25.7. The van der Waals surface area contributed by atoms with Gasteiger partial charge >= 0.3 is 0 Å². The molecule has 1 unspecified atom stereocenters. The van der Waals surface area contributed by atoms with E-state index >= 15 is 0 Å². The molecule has 0 aliphatic carbocycles. The number of benzene rings is 1. The van der Waals surface area contributed by atoms with Crippen molar-refractivity contribution in [1.29, 1.82) is 0 Å². The largest absolute Gasteiger partial charge is 0.391 e. The summed E-state index contributed by atoms with van der Waals surface area (Å²) in [5, 5.41) is 12.2. The molecule has 112 valence electrons. The summed E-state index contributed by atoms with van der Waals surface area (Å²) in [4.78, 5) is 12.1. The van der Waals surface area contributed by atoms with Crippen molar-refractivity contribution in [2.45, 2.75) is 31.3 Å². The number of carbonyl (C=O) groups is 1. The van der Waals surface area contributed by atoms with E-state index in [2.05, 4.69) is 5.32 Å². The number of rotatable bonds is 7. The maximum absolute atomic E-state index is 13.0. The summed E-state index contributed by atoms with van der Waals surface area (Å²) in [7, 11) is 0. The van der Waals surface area contributed by atoms with Gasteiger partial charge in [-0.05, 0) is 24.1 Å². The van der Waals surface area contributed by atoms with Crippen LogP contribution >= 0.6 is 11.8 Å². The Balaban J connectivity index is 2.26. The standard InChI is InChI=1S/C14H19F2NO2S/c1-9(2)13(18)8-17-14(19)5-6-20-10-3-4-11(15)12(16)7-10/h3-4,7,9,13,18H,5-6,8H2,1-2H3,(H,17,19). The molecule has 0 heterocycles. The molecule has 0 saturated carbocycles. The number of halogens is 2. The van der Waals surface area contributed by atoms with Gasteiger partial charge in [-0.15, -0.1) is 11.8 Å². The fourth-order valence-electron chi connectivity index (χ4n) is 1.37. The van der Waals surface area contributed by atoms with E-state index in [0.717, 1.165) is 12.1 Å². The molecule has 0 aliphatic heterocycles.